The van der Waals surface area contributed by atoms with Gasteiger partial charge in [-0.3, -0.25) is 9.78 Å². The summed E-state index contributed by atoms with van der Waals surface area (Å²) in [5, 5.41) is 1.14. The van der Waals surface area contributed by atoms with Crippen molar-refractivity contribution < 1.29 is 4.79 Å². The molecule has 0 aliphatic carbocycles. The van der Waals surface area contributed by atoms with Crippen molar-refractivity contribution >= 4 is 16.8 Å². The summed E-state index contributed by atoms with van der Waals surface area (Å²) in [4.78, 5) is 19.8. The zero-order valence-corrected chi connectivity index (χ0v) is 15.5. The molecule has 0 atom stereocenters. The first-order valence-electron chi connectivity index (χ1n) is 9.61. The quantitative estimate of drug-likeness (QED) is 0.505. The van der Waals surface area contributed by atoms with Gasteiger partial charge in [-0.2, -0.15) is 0 Å². The molecule has 0 fully saturated rings. The molecule has 1 aliphatic rings. The highest BCUT2D eigenvalue weighted by atomic mass is 16.2. The molecule has 5 rings (SSSR count). The maximum atomic E-state index is 13.1. The first-order chi connectivity index (χ1) is 13.8. The van der Waals surface area contributed by atoms with Crippen molar-refractivity contribution in [2.45, 2.75) is 13.0 Å². The summed E-state index contributed by atoms with van der Waals surface area (Å²) in [6.45, 7) is 1.34. The van der Waals surface area contributed by atoms with Crippen LogP contribution in [0.25, 0.3) is 22.0 Å². The molecule has 4 aromatic rings. The Balaban J connectivity index is 1.38. The second-order valence-electron chi connectivity index (χ2n) is 7.18. The molecule has 1 amide bonds. The van der Waals surface area contributed by atoms with Crippen LogP contribution in [0.2, 0.25) is 0 Å². The third-order valence-corrected chi connectivity index (χ3v) is 5.39. The number of amides is 1. The van der Waals surface area contributed by atoms with Crippen LogP contribution in [-0.2, 0) is 13.0 Å². The number of benzene rings is 3. The summed E-state index contributed by atoms with van der Waals surface area (Å²) < 4.78 is 0. The van der Waals surface area contributed by atoms with E-state index < -0.39 is 0 Å². The lowest BCUT2D eigenvalue weighted by Gasteiger charge is -2.15. The topological polar surface area (TPSA) is 33.2 Å². The molecule has 2 heterocycles. The lowest BCUT2D eigenvalue weighted by Crippen LogP contribution is -2.26. The average molecular weight is 364 g/mol. The molecule has 0 spiro atoms. The van der Waals surface area contributed by atoms with Gasteiger partial charge in [0.1, 0.15) is 0 Å². The average Bonchev–Trinajstić information content (AvgIpc) is 3.08. The minimum Gasteiger partial charge on any atom is -0.334 e. The standard InChI is InChI=1S/C25H20N2O/c28-25-24-20(10-6-11-22(24)18-7-2-1-3-8-18)17-27(25)16-15-21-14-13-19-9-4-5-12-23(19)26-21/h1-14H,15-17H2. The van der Waals surface area contributed by atoms with Gasteiger partial charge in [0.05, 0.1) is 11.1 Å². The van der Waals surface area contributed by atoms with Crippen LogP contribution in [0.1, 0.15) is 21.6 Å². The molecule has 1 aromatic heterocycles. The molecule has 0 saturated carbocycles. The monoisotopic (exact) mass is 364 g/mol. The lowest BCUT2D eigenvalue weighted by atomic mass is 9.97. The summed E-state index contributed by atoms with van der Waals surface area (Å²) in [6.07, 6.45) is 0.755. The Bertz CT molecular complexity index is 1170. The van der Waals surface area contributed by atoms with E-state index in [2.05, 4.69) is 36.4 Å². The van der Waals surface area contributed by atoms with Crippen LogP contribution >= 0.6 is 0 Å². The van der Waals surface area contributed by atoms with Gasteiger partial charge in [0.25, 0.3) is 5.91 Å². The van der Waals surface area contributed by atoms with Crippen molar-refractivity contribution in [3.8, 4) is 11.1 Å². The Labute approximate surface area is 164 Å². The van der Waals surface area contributed by atoms with Crippen LogP contribution in [0.15, 0.2) is 84.9 Å². The van der Waals surface area contributed by atoms with E-state index >= 15 is 0 Å². The zero-order valence-electron chi connectivity index (χ0n) is 15.5. The largest absolute Gasteiger partial charge is 0.334 e. The minimum atomic E-state index is 0.121. The molecular formula is C25H20N2O. The Hall–Kier alpha value is -3.46. The van der Waals surface area contributed by atoms with Crippen molar-refractivity contribution in [1.29, 1.82) is 0 Å². The van der Waals surface area contributed by atoms with Gasteiger partial charge in [-0.05, 0) is 28.8 Å². The van der Waals surface area contributed by atoms with E-state index in [1.807, 2.05) is 53.4 Å². The number of rotatable bonds is 4. The smallest absolute Gasteiger partial charge is 0.255 e. The van der Waals surface area contributed by atoms with Crippen LogP contribution in [0, 0.1) is 0 Å². The highest BCUT2D eigenvalue weighted by molar-refractivity contribution is 6.04. The van der Waals surface area contributed by atoms with Crippen LogP contribution in [0.3, 0.4) is 0 Å². The second kappa shape index (κ2) is 6.93. The maximum Gasteiger partial charge on any atom is 0.255 e. The van der Waals surface area contributed by atoms with E-state index in [1.54, 1.807) is 0 Å². The molecular weight excluding hydrogens is 344 g/mol. The molecule has 136 valence electrons. The fourth-order valence-electron chi connectivity index (χ4n) is 3.96. The summed E-state index contributed by atoms with van der Waals surface area (Å²) in [5.41, 5.74) is 6.09. The Morgan fingerprint density at radius 3 is 2.54 bits per heavy atom. The van der Waals surface area contributed by atoms with Gasteiger partial charge in [-0.25, -0.2) is 0 Å². The van der Waals surface area contributed by atoms with Gasteiger partial charge in [0.15, 0.2) is 0 Å². The van der Waals surface area contributed by atoms with Crippen molar-refractivity contribution in [1.82, 2.24) is 9.88 Å². The van der Waals surface area contributed by atoms with Gasteiger partial charge in [-0.15, -0.1) is 0 Å². The van der Waals surface area contributed by atoms with E-state index in [-0.39, 0.29) is 5.91 Å². The van der Waals surface area contributed by atoms with Gasteiger partial charge in [-0.1, -0.05) is 72.8 Å². The number of carbonyl (C=O) groups excluding carboxylic acids is 1. The fourth-order valence-corrected chi connectivity index (χ4v) is 3.96. The van der Waals surface area contributed by atoms with E-state index in [4.69, 9.17) is 4.98 Å². The second-order valence-corrected chi connectivity index (χ2v) is 7.18. The molecule has 0 unspecified atom stereocenters. The predicted molar refractivity (Wildman–Crippen MR) is 112 cm³/mol. The number of hydrogen-bond acceptors (Lipinski definition) is 2. The Morgan fingerprint density at radius 2 is 1.64 bits per heavy atom. The summed E-state index contributed by atoms with van der Waals surface area (Å²) in [7, 11) is 0. The van der Waals surface area contributed by atoms with Crippen molar-refractivity contribution in [2.24, 2.45) is 0 Å². The van der Waals surface area contributed by atoms with Crippen molar-refractivity contribution in [3.05, 3.63) is 102 Å². The molecule has 0 bridgehead atoms. The molecule has 0 N–H and O–H groups in total. The Kier molecular flexibility index (Phi) is 4.13. The van der Waals surface area contributed by atoms with Crippen molar-refractivity contribution in [3.63, 3.8) is 0 Å². The van der Waals surface area contributed by atoms with Gasteiger partial charge < -0.3 is 4.90 Å². The first kappa shape index (κ1) is 16.7. The highest BCUT2D eigenvalue weighted by Crippen LogP contribution is 2.32. The molecule has 3 aromatic carbocycles. The molecule has 1 aliphatic heterocycles. The summed E-state index contributed by atoms with van der Waals surface area (Å²) >= 11 is 0. The summed E-state index contributed by atoms with van der Waals surface area (Å²) in [5.74, 6) is 0.121. The first-order valence-corrected chi connectivity index (χ1v) is 9.61. The fraction of sp³-hybridized carbons (Fsp3) is 0.120. The molecule has 0 radical (unpaired) electrons. The molecule has 0 saturated heterocycles. The number of nitrogens with zero attached hydrogens (tertiary/aromatic N) is 2. The van der Waals surface area contributed by atoms with E-state index in [0.717, 1.165) is 45.3 Å². The van der Waals surface area contributed by atoms with E-state index in [0.29, 0.717) is 13.1 Å². The number of hydrogen-bond donors (Lipinski definition) is 0. The maximum absolute atomic E-state index is 13.1. The SMILES string of the molecule is O=C1c2c(cccc2-c2ccccc2)CN1CCc1ccc2ccccc2n1. The number of fused-ring (bicyclic) bond motifs is 2. The lowest BCUT2D eigenvalue weighted by molar-refractivity contribution is 0.0780. The minimum absolute atomic E-state index is 0.121. The number of aromatic nitrogens is 1. The third-order valence-electron chi connectivity index (χ3n) is 5.39. The van der Waals surface area contributed by atoms with E-state index in [9.17, 15) is 4.79 Å². The van der Waals surface area contributed by atoms with Crippen molar-refractivity contribution in [2.75, 3.05) is 6.54 Å². The van der Waals surface area contributed by atoms with Crippen LogP contribution < -0.4 is 0 Å². The Morgan fingerprint density at radius 1 is 0.821 bits per heavy atom. The highest BCUT2D eigenvalue weighted by Gasteiger charge is 2.29. The molecule has 3 nitrogen and oxygen atoms in total. The number of pyridine rings is 1. The number of carbonyl (C=O) groups is 1. The predicted octanol–water partition coefficient (Wildman–Crippen LogP) is 5.10. The van der Waals surface area contributed by atoms with Gasteiger partial charge in [0.2, 0.25) is 0 Å². The van der Waals surface area contributed by atoms with Crippen LogP contribution in [0.4, 0.5) is 0 Å². The molecule has 3 heteroatoms. The van der Waals surface area contributed by atoms with Gasteiger partial charge in [0, 0.05) is 30.6 Å². The normalized spacial score (nSPS) is 13.1. The van der Waals surface area contributed by atoms with Gasteiger partial charge >= 0.3 is 0 Å². The van der Waals surface area contributed by atoms with Crippen LogP contribution in [-0.4, -0.2) is 22.3 Å². The third kappa shape index (κ3) is 2.95. The zero-order chi connectivity index (χ0) is 18.9. The van der Waals surface area contributed by atoms with E-state index in [1.165, 1.54) is 0 Å². The van der Waals surface area contributed by atoms with Crippen LogP contribution in [0.5, 0.6) is 0 Å². The number of para-hydroxylation sites is 1. The summed E-state index contributed by atoms with van der Waals surface area (Å²) in [6, 6.07) is 28.6. The molecule has 28 heavy (non-hydrogen) atoms.